The largest absolute Gasteiger partial charge is 0.477 e. The van der Waals surface area contributed by atoms with Gasteiger partial charge in [0.2, 0.25) is 0 Å². The summed E-state index contributed by atoms with van der Waals surface area (Å²) in [7, 11) is 0. The van der Waals surface area contributed by atoms with E-state index in [9.17, 15) is 24.3 Å². The van der Waals surface area contributed by atoms with E-state index in [4.69, 9.17) is 23.2 Å². The van der Waals surface area contributed by atoms with Gasteiger partial charge in [0.25, 0.3) is 11.5 Å². The summed E-state index contributed by atoms with van der Waals surface area (Å²) in [5.41, 5.74) is -0.780. The fourth-order valence-electron chi connectivity index (χ4n) is 3.95. The predicted molar refractivity (Wildman–Crippen MR) is 155 cm³/mol. The number of nitrogens with one attached hydrogen (secondary N) is 1. The maximum absolute atomic E-state index is 13.5. The number of anilines is 1. The Morgan fingerprint density at radius 3 is 2.52 bits per heavy atom. The Bertz CT molecular complexity index is 1810. The molecule has 0 bridgehead atoms. The molecular formula is C27H18Cl2N4O5S2. The van der Waals surface area contributed by atoms with Crippen LogP contribution in [0.15, 0.2) is 76.3 Å². The van der Waals surface area contributed by atoms with Gasteiger partial charge in [0, 0.05) is 33.6 Å². The lowest BCUT2D eigenvalue weighted by atomic mass is 10.1. The number of aromatic carboxylic acids is 1. The number of ketones is 1. The van der Waals surface area contributed by atoms with E-state index >= 15 is 0 Å². The molecule has 0 radical (unpaired) electrons. The Kier molecular flexibility index (Phi) is 7.99. The number of thiophene rings is 2. The van der Waals surface area contributed by atoms with E-state index in [1.54, 1.807) is 47.2 Å². The summed E-state index contributed by atoms with van der Waals surface area (Å²) < 4.78 is 2.71. The smallest absolute Gasteiger partial charge is 0.342 e. The maximum Gasteiger partial charge on any atom is 0.342 e. The second-order valence-corrected chi connectivity index (χ2v) is 11.4. The first-order valence-corrected chi connectivity index (χ1v) is 14.1. The molecule has 0 fully saturated rings. The zero-order chi connectivity index (χ0) is 28.4. The molecule has 1 aromatic carbocycles. The molecule has 5 aromatic rings. The highest BCUT2D eigenvalue weighted by Gasteiger charge is 2.25. The van der Waals surface area contributed by atoms with Crippen LogP contribution in [-0.2, 0) is 13.1 Å². The van der Waals surface area contributed by atoms with E-state index < -0.39 is 23.0 Å². The lowest BCUT2D eigenvalue weighted by Gasteiger charge is -2.09. The summed E-state index contributed by atoms with van der Waals surface area (Å²) in [4.78, 5) is 52.3. The normalized spacial score (nSPS) is 10.9. The van der Waals surface area contributed by atoms with E-state index in [1.807, 2.05) is 6.07 Å². The number of benzene rings is 1. The zero-order valence-corrected chi connectivity index (χ0v) is 23.5. The van der Waals surface area contributed by atoms with Crippen molar-refractivity contribution in [3.63, 3.8) is 0 Å². The minimum absolute atomic E-state index is 0.00958. The van der Waals surface area contributed by atoms with Crippen molar-refractivity contribution >= 4 is 69.4 Å². The molecule has 9 nitrogen and oxygen atoms in total. The summed E-state index contributed by atoms with van der Waals surface area (Å²) in [6.45, 7) is -0.0257. The van der Waals surface area contributed by atoms with Crippen LogP contribution in [0.2, 0.25) is 9.36 Å². The molecule has 0 spiro atoms. The highest BCUT2D eigenvalue weighted by atomic mass is 35.5. The number of hydrogen-bond acceptors (Lipinski definition) is 8. The molecule has 40 heavy (non-hydrogen) atoms. The second kappa shape index (κ2) is 11.6. The van der Waals surface area contributed by atoms with Gasteiger partial charge in [-0.1, -0.05) is 35.3 Å². The molecule has 0 unspecified atom stereocenters. The fourth-order valence-corrected chi connectivity index (χ4v) is 5.86. The van der Waals surface area contributed by atoms with Crippen molar-refractivity contribution < 1.29 is 19.5 Å². The zero-order valence-electron chi connectivity index (χ0n) is 20.3. The molecule has 5 rings (SSSR count). The number of Topliss-reactive ketones (excluding diaryl/α,β-unsaturated/α-hetero) is 1. The molecule has 0 atom stereocenters. The summed E-state index contributed by atoms with van der Waals surface area (Å²) in [5.74, 6) is -2.14. The number of aromatic nitrogens is 3. The molecule has 0 aliphatic rings. The van der Waals surface area contributed by atoms with Crippen LogP contribution in [0.1, 0.15) is 36.0 Å². The van der Waals surface area contributed by atoms with Gasteiger partial charge >= 0.3 is 5.97 Å². The van der Waals surface area contributed by atoms with E-state index in [2.05, 4.69) is 10.4 Å². The Morgan fingerprint density at radius 2 is 1.85 bits per heavy atom. The van der Waals surface area contributed by atoms with Gasteiger partial charge < -0.3 is 15.0 Å². The molecule has 0 saturated carbocycles. The van der Waals surface area contributed by atoms with Crippen molar-refractivity contribution in [2.75, 3.05) is 5.32 Å². The van der Waals surface area contributed by atoms with E-state index in [0.717, 1.165) is 14.1 Å². The van der Waals surface area contributed by atoms with Crippen LogP contribution in [0.3, 0.4) is 0 Å². The highest BCUT2D eigenvalue weighted by Crippen LogP contribution is 2.28. The van der Waals surface area contributed by atoms with Crippen LogP contribution in [0, 0.1) is 0 Å². The van der Waals surface area contributed by atoms with Crippen LogP contribution in [0.4, 0.5) is 5.82 Å². The van der Waals surface area contributed by atoms with E-state index in [0.29, 0.717) is 16.4 Å². The number of carbonyl (C=O) groups is 3. The van der Waals surface area contributed by atoms with Gasteiger partial charge in [-0.3, -0.25) is 14.4 Å². The van der Waals surface area contributed by atoms with Crippen LogP contribution in [0.25, 0.3) is 11.3 Å². The Labute approximate surface area is 244 Å². The topological polar surface area (TPSA) is 123 Å². The fraction of sp³-hybridized carbons (Fsp3) is 0.0741. The van der Waals surface area contributed by atoms with E-state index in [1.165, 1.54) is 41.0 Å². The third-order valence-electron chi connectivity index (χ3n) is 5.89. The molecule has 0 saturated heterocycles. The lowest BCUT2D eigenvalue weighted by molar-refractivity contribution is 0.0693. The first-order chi connectivity index (χ1) is 19.2. The first-order valence-electron chi connectivity index (χ1n) is 11.6. The number of carboxylic acid groups (broad SMARTS) is 1. The van der Waals surface area contributed by atoms with Gasteiger partial charge in [-0.05, 0) is 41.8 Å². The number of carbonyl (C=O) groups excluding carboxylic acids is 2. The Balaban J connectivity index is 1.56. The Hall–Kier alpha value is -4.03. The van der Waals surface area contributed by atoms with E-state index in [-0.39, 0.29) is 40.0 Å². The summed E-state index contributed by atoms with van der Waals surface area (Å²) in [6.07, 6.45) is 1.34. The van der Waals surface area contributed by atoms with Crippen LogP contribution < -0.4 is 10.9 Å². The van der Waals surface area contributed by atoms with Crippen LogP contribution in [0.5, 0.6) is 0 Å². The molecule has 0 aliphatic carbocycles. The quantitative estimate of drug-likeness (QED) is 0.195. The predicted octanol–water partition coefficient (Wildman–Crippen LogP) is 6.02. The molecule has 4 aromatic heterocycles. The van der Waals surface area contributed by atoms with Crippen molar-refractivity contribution in [2.24, 2.45) is 0 Å². The monoisotopic (exact) mass is 612 g/mol. The third-order valence-corrected chi connectivity index (χ3v) is 8.13. The molecule has 4 heterocycles. The lowest BCUT2D eigenvalue weighted by Crippen LogP contribution is -2.29. The van der Waals surface area contributed by atoms with Gasteiger partial charge in [-0.25, -0.2) is 4.79 Å². The van der Waals surface area contributed by atoms with Crippen LogP contribution in [-0.4, -0.2) is 37.1 Å². The molecular weight excluding hydrogens is 595 g/mol. The maximum atomic E-state index is 13.5. The minimum atomic E-state index is -1.49. The van der Waals surface area contributed by atoms with Gasteiger partial charge in [-0.15, -0.1) is 11.3 Å². The van der Waals surface area contributed by atoms with Crippen molar-refractivity contribution in [3.8, 4) is 11.3 Å². The third kappa shape index (κ3) is 5.63. The van der Waals surface area contributed by atoms with Gasteiger partial charge in [0.05, 0.1) is 33.7 Å². The van der Waals surface area contributed by atoms with Crippen molar-refractivity contribution in [2.45, 2.75) is 13.1 Å². The van der Waals surface area contributed by atoms with Gasteiger partial charge in [0.15, 0.2) is 5.78 Å². The average Bonchev–Trinajstić information content (AvgIpc) is 3.69. The number of nitrogens with zero attached hydrogens (tertiary/aromatic N) is 3. The molecule has 202 valence electrons. The summed E-state index contributed by atoms with van der Waals surface area (Å²) in [5, 5.41) is 21.1. The molecule has 0 amide bonds. The summed E-state index contributed by atoms with van der Waals surface area (Å²) in [6, 6.07) is 14.5. The number of rotatable bonds is 9. The molecule has 2 N–H and O–H groups in total. The average molecular weight is 614 g/mol. The van der Waals surface area contributed by atoms with Crippen molar-refractivity contribution in [1.29, 1.82) is 0 Å². The Morgan fingerprint density at radius 1 is 1.05 bits per heavy atom. The number of carboxylic acids is 1. The SMILES string of the molecule is O=C(Cn1ccc(-c2cc(NCc3ccc(Cl)s3)n(C(=O)c3ccccc3Cl)n2)c(C(=O)O)c1=O)c1ccsc1. The van der Waals surface area contributed by atoms with Crippen LogP contribution >= 0.6 is 45.9 Å². The standard InChI is InChI=1S/C27H18Cl2N4O5S2/c28-19-4-2-1-3-17(19)25(35)33-23(30-12-16-5-6-22(29)40-16)11-20(31-33)18-7-9-32(26(36)24(18)27(37)38)13-21(34)15-8-10-39-14-15/h1-11,14,30H,12-13H2,(H,37,38). The minimum Gasteiger partial charge on any atom is -0.477 e. The molecule has 0 aliphatic heterocycles. The number of halogens is 2. The van der Waals surface area contributed by atoms with Crippen molar-refractivity contribution in [3.05, 3.63) is 113 Å². The first kappa shape index (κ1) is 27.5. The number of pyridine rings is 1. The summed E-state index contributed by atoms with van der Waals surface area (Å²) >= 11 is 15.0. The highest BCUT2D eigenvalue weighted by molar-refractivity contribution is 7.16. The second-order valence-electron chi connectivity index (χ2n) is 8.45. The van der Waals surface area contributed by atoms with Gasteiger partial charge in [0.1, 0.15) is 11.4 Å². The number of hydrogen-bond donors (Lipinski definition) is 2. The van der Waals surface area contributed by atoms with Crippen molar-refractivity contribution in [1.82, 2.24) is 14.3 Å². The molecule has 13 heteroatoms. The van der Waals surface area contributed by atoms with Gasteiger partial charge in [-0.2, -0.15) is 21.1 Å².